The van der Waals surface area contributed by atoms with E-state index in [1.54, 1.807) is 0 Å². The summed E-state index contributed by atoms with van der Waals surface area (Å²) in [4.78, 5) is 11.6. The Labute approximate surface area is 77.4 Å². The van der Waals surface area contributed by atoms with Gasteiger partial charge in [-0.1, -0.05) is 6.92 Å². The third kappa shape index (κ3) is 0.810. The Morgan fingerprint density at radius 2 is 2.23 bits per heavy atom. The lowest BCUT2D eigenvalue weighted by atomic mass is 9.80. The fourth-order valence-electron chi connectivity index (χ4n) is 3.02. The van der Waals surface area contributed by atoms with Gasteiger partial charge in [-0.2, -0.15) is 0 Å². The summed E-state index contributed by atoms with van der Waals surface area (Å²) in [6, 6.07) is 0. The highest BCUT2D eigenvalue weighted by Crippen LogP contribution is 2.57. The monoisotopic (exact) mass is 182 g/mol. The summed E-state index contributed by atoms with van der Waals surface area (Å²) in [7, 11) is 0. The molecule has 0 aromatic rings. The van der Waals surface area contributed by atoms with Crippen molar-refractivity contribution in [3.8, 4) is 0 Å². The van der Waals surface area contributed by atoms with Crippen molar-refractivity contribution in [2.45, 2.75) is 38.6 Å². The summed E-state index contributed by atoms with van der Waals surface area (Å²) >= 11 is 0. The SMILES string of the molecule is C[C@H]1CC[C@H]2[C@@H]1C(=O)O[C@H]1O[C@]12C. The zero-order valence-corrected chi connectivity index (χ0v) is 7.95. The number of rotatable bonds is 0. The van der Waals surface area contributed by atoms with Crippen LogP contribution in [0, 0.1) is 17.8 Å². The molecule has 0 N–H and O–H groups in total. The molecule has 3 rings (SSSR count). The summed E-state index contributed by atoms with van der Waals surface area (Å²) in [5.41, 5.74) is -0.136. The van der Waals surface area contributed by atoms with Crippen molar-refractivity contribution < 1.29 is 14.3 Å². The smallest absolute Gasteiger partial charge is 0.312 e. The molecule has 2 aliphatic heterocycles. The standard InChI is InChI=1S/C10H14O3/c1-5-3-4-6-7(5)8(11)12-9-10(6,2)13-9/h5-7,9H,3-4H2,1-2H3/t5-,6-,7+,9-,10-/m0/s1. The van der Waals surface area contributed by atoms with Gasteiger partial charge in [-0.05, 0) is 25.7 Å². The van der Waals surface area contributed by atoms with Crippen molar-refractivity contribution in [2.75, 3.05) is 0 Å². The van der Waals surface area contributed by atoms with E-state index < -0.39 is 0 Å². The van der Waals surface area contributed by atoms with Gasteiger partial charge in [0.25, 0.3) is 0 Å². The molecule has 0 aromatic heterocycles. The molecule has 3 heteroatoms. The molecule has 0 amide bonds. The van der Waals surface area contributed by atoms with Gasteiger partial charge >= 0.3 is 5.97 Å². The molecule has 3 aliphatic rings. The van der Waals surface area contributed by atoms with Crippen LogP contribution < -0.4 is 0 Å². The van der Waals surface area contributed by atoms with E-state index in [1.165, 1.54) is 0 Å². The lowest BCUT2D eigenvalue weighted by molar-refractivity contribution is -0.159. The van der Waals surface area contributed by atoms with Crippen LogP contribution in [0.2, 0.25) is 0 Å². The Morgan fingerprint density at radius 1 is 1.46 bits per heavy atom. The quantitative estimate of drug-likeness (QED) is 0.419. The second kappa shape index (κ2) is 2.08. The van der Waals surface area contributed by atoms with Gasteiger partial charge in [0.15, 0.2) is 0 Å². The first-order valence-electron chi connectivity index (χ1n) is 5.01. The van der Waals surface area contributed by atoms with Crippen molar-refractivity contribution in [3.63, 3.8) is 0 Å². The van der Waals surface area contributed by atoms with Crippen LogP contribution in [0.5, 0.6) is 0 Å². The van der Waals surface area contributed by atoms with Crippen LogP contribution in [0.15, 0.2) is 0 Å². The molecule has 0 bridgehead atoms. The van der Waals surface area contributed by atoms with Gasteiger partial charge < -0.3 is 9.47 Å². The predicted octanol–water partition coefficient (Wildman–Crippen LogP) is 1.32. The first kappa shape index (κ1) is 7.80. The second-order valence-corrected chi connectivity index (χ2v) is 4.76. The molecule has 2 saturated heterocycles. The first-order valence-corrected chi connectivity index (χ1v) is 5.01. The average Bonchev–Trinajstić information content (AvgIpc) is 2.56. The fourth-order valence-corrected chi connectivity index (χ4v) is 3.02. The Balaban J connectivity index is 1.96. The molecule has 5 atom stereocenters. The maximum absolute atomic E-state index is 11.6. The summed E-state index contributed by atoms with van der Waals surface area (Å²) in [5.74, 6) is 0.951. The predicted molar refractivity (Wildman–Crippen MR) is 44.7 cm³/mol. The van der Waals surface area contributed by atoms with Crippen molar-refractivity contribution in [3.05, 3.63) is 0 Å². The minimum atomic E-state index is -0.230. The number of ether oxygens (including phenoxy) is 2. The summed E-state index contributed by atoms with van der Waals surface area (Å²) in [5, 5.41) is 0. The van der Waals surface area contributed by atoms with Gasteiger partial charge in [-0.3, -0.25) is 4.79 Å². The lowest BCUT2D eigenvalue weighted by Gasteiger charge is -2.27. The second-order valence-electron chi connectivity index (χ2n) is 4.76. The van der Waals surface area contributed by atoms with Crippen LogP contribution in [-0.2, 0) is 14.3 Å². The summed E-state index contributed by atoms with van der Waals surface area (Å²) < 4.78 is 10.6. The fraction of sp³-hybridized carbons (Fsp3) is 0.900. The minimum Gasteiger partial charge on any atom is -0.432 e. The Bertz CT molecular complexity index is 275. The number of hydrogen-bond donors (Lipinski definition) is 0. The number of hydrogen-bond acceptors (Lipinski definition) is 3. The van der Waals surface area contributed by atoms with E-state index in [9.17, 15) is 4.79 Å². The molecule has 3 nitrogen and oxygen atoms in total. The lowest BCUT2D eigenvalue weighted by Crippen LogP contribution is -2.40. The third-order valence-electron chi connectivity index (χ3n) is 3.98. The number of carbonyl (C=O) groups excluding carboxylic acids is 1. The van der Waals surface area contributed by atoms with Crippen LogP contribution in [0.3, 0.4) is 0 Å². The van der Waals surface area contributed by atoms with Crippen molar-refractivity contribution in [1.29, 1.82) is 0 Å². The molecule has 0 radical (unpaired) electrons. The average molecular weight is 182 g/mol. The molecule has 1 saturated carbocycles. The van der Waals surface area contributed by atoms with E-state index in [0.717, 1.165) is 12.8 Å². The number of epoxide rings is 1. The van der Waals surface area contributed by atoms with E-state index in [4.69, 9.17) is 9.47 Å². The van der Waals surface area contributed by atoms with Gasteiger partial charge in [0.1, 0.15) is 5.60 Å². The summed E-state index contributed by atoms with van der Waals surface area (Å²) in [6.07, 6.45) is 2.02. The van der Waals surface area contributed by atoms with Crippen molar-refractivity contribution in [2.24, 2.45) is 17.8 Å². The van der Waals surface area contributed by atoms with Gasteiger partial charge in [0.05, 0.1) is 5.92 Å². The molecule has 0 spiro atoms. The van der Waals surface area contributed by atoms with Crippen LogP contribution >= 0.6 is 0 Å². The molecule has 13 heavy (non-hydrogen) atoms. The molecular formula is C10H14O3. The highest BCUT2D eigenvalue weighted by Gasteiger charge is 2.69. The molecule has 1 aliphatic carbocycles. The zero-order valence-electron chi connectivity index (χ0n) is 7.95. The first-order chi connectivity index (χ1) is 6.13. The van der Waals surface area contributed by atoms with Gasteiger partial charge in [-0.15, -0.1) is 0 Å². The van der Waals surface area contributed by atoms with Crippen LogP contribution in [0.25, 0.3) is 0 Å². The van der Waals surface area contributed by atoms with Crippen LogP contribution in [-0.4, -0.2) is 17.9 Å². The third-order valence-corrected chi connectivity index (χ3v) is 3.98. The van der Waals surface area contributed by atoms with Gasteiger partial charge in [0.2, 0.25) is 6.29 Å². The van der Waals surface area contributed by atoms with Crippen molar-refractivity contribution in [1.82, 2.24) is 0 Å². The minimum absolute atomic E-state index is 0.0324. The molecule has 3 fully saturated rings. The maximum atomic E-state index is 11.6. The Hall–Kier alpha value is -0.570. The van der Waals surface area contributed by atoms with Gasteiger partial charge in [-0.25, -0.2) is 0 Å². The number of carbonyl (C=O) groups is 1. The Kier molecular flexibility index (Phi) is 1.25. The van der Waals surface area contributed by atoms with Gasteiger partial charge in [0, 0.05) is 5.92 Å². The largest absolute Gasteiger partial charge is 0.432 e. The van der Waals surface area contributed by atoms with E-state index in [1.807, 2.05) is 0 Å². The maximum Gasteiger partial charge on any atom is 0.312 e. The topological polar surface area (TPSA) is 38.8 Å². The van der Waals surface area contributed by atoms with E-state index >= 15 is 0 Å². The number of fused-ring (bicyclic) bond motifs is 3. The Morgan fingerprint density at radius 3 is 3.00 bits per heavy atom. The summed E-state index contributed by atoms with van der Waals surface area (Å²) in [6.45, 7) is 4.21. The zero-order chi connectivity index (χ0) is 9.22. The molecule has 0 aromatic carbocycles. The van der Waals surface area contributed by atoms with Crippen molar-refractivity contribution >= 4 is 5.97 Å². The molecule has 72 valence electrons. The molecule has 2 heterocycles. The molecular weight excluding hydrogens is 168 g/mol. The van der Waals surface area contributed by atoms with E-state index in [2.05, 4.69) is 13.8 Å². The van der Waals surface area contributed by atoms with E-state index in [-0.39, 0.29) is 23.8 Å². The molecule has 0 unspecified atom stereocenters. The number of esters is 1. The highest BCUT2D eigenvalue weighted by atomic mass is 16.8. The van der Waals surface area contributed by atoms with E-state index in [0.29, 0.717) is 11.8 Å². The van der Waals surface area contributed by atoms with Crippen LogP contribution in [0.4, 0.5) is 0 Å². The highest BCUT2D eigenvalue weighted by molar-refractivity contribution is 5.75. The van der Waals surface area contributed by atoms with Crippen LogP contribution in [0.1, 0.15) is 26.7 Å². The normalized spacial score (nSPS) is 58.2.